The number of likely N-dealkylation sites (tertiary alicyclic amines) is 1. The molecular formula is C28H27F3N4O2. The molecule has 0 bridgehead atoms. The van der Waals surface area contributed by atoms with Crippen molar-refractivity contribution in [3.8, 4) is 0 Å². The lowest BCUT2D eigenvalue weighted by Gasteiger charge is -2.19. The highest BCUT2D eigenvalue weighted by Crippen LogP contribution is 2.34. The average molecular weight is 509 g/mol. The van der Waals surface area contributed by atoms with Crippen LogP contribution in [0.5, 0.6) is 0 Å². The van der Waals surface area contributed by atoms with Gasteiger partial charge in [-0.1, -0.05) is 42.5 Å². The van der Waals surface area contributed by atoms with Gasteiger partial charge in [-0.2, -0.15) is 13.2 Å². The van der Waals surface area contributed by atoms with Gasteiger partial charge in [0.1, 0.15) is 0 Å². The van der Waals surface area contributed by atoms with E-state index in [1.54, 1.807) is 30.3 Å². The average Bonchev–Trinajstić information content (AvgIpc) is 3.26. The van der Waals surface area contributed by atoms with Gasteiger partial charge in [0.05, 0.1) is 22.9 Å². The summed E-state index contributed by atoms with van der Waals surface area (Å²) in [6.45, 7) is 1.12. The number of carbonyl (C=O) groups is 2. The molecule has 37 heavy (non-hydrogen) atoms. The Balaban J connectivity index is 1.42. The first-order chi connectivity index (χ1) is 17.6. The normalized spacial score (nSPS) is 18.2. The molecule has 0 saturated carbocycles. The van der Waals surface area contributed by atoms with Gasteiger partial charge in [-0.05, 0) is 54.6 Å². The van der Waals surface area contributed by atoms with E-state index in [-0.39, 0.29) is 23.4 Å². The molecule has 2 amide bonds. The summed E-state index contributed by atoms with van der Waals surface area (Å²) in [5.74, 6) is -1.19. The second-order valence-corrected chi connectivity index (χ2v) is 9.08. The Bertz CT molecular complexity index is 1310. The van der Waals surface area contributed by atoms with Gasteiger partial charge in [0.25, 0.3) is 0 Å². The van der Waals surface area contributed by atoms with E-state index in [4.69, 9.17) is 5.73 Å². The third-order valence-electron chi connectivity index (χ3n) is 6.31. The van der Waals surface area contributed by atoms with Crippen LogP contribution in [0, 0.1) is 5.92 Å². The number of benzene rings is 3. The van der Waals surface area contributed by atoms with Gasteiger partial charge in [0.15, 0.2) is 0 Å². The minimum atomic E-state index is -4.48. The van der Waals surface area contributed by atoms with Crippen LogP contribution in [0.25, 0.3) is 6.08 Å². The fraction of sp³-hybridized carbons (Fsp3) is 0.214. The summed E-state index contributed by atoms with van der Waals surface area (Å²) in [4.78, 5) is 27.3. The molecule has 3 aromatic carbocycles. The smallest absolute Gasteiger partial charge is 0.397 e. The van der Waals surface area contributed by atoms with Crippen LogP contribution >= 0.6 is 0 Å². The van der Waals surface area contributed by atoms with Crippen LogP contribution < -0.4 is 16.4 Å². The van der Waals surface area contributed by atoms with Crippen molar-refractivity contribution < 1.29 is 22.8 Å². The first-order valence-corrected chi connectivity index (χ1v) is 11.7. The number of alkyl halides is 3. The molecule has 2 unspecified atom stereocenters. The van der Waals surface area contributed by atoms with Crippen molar-refractivity contribution in [3.63, 3.8) is 0 Å². The summed E-state index contributed by atoms with van der Waals surface area (Å²) in [5, 5.41) is 5.38. The van der Waals surface area contributed by atoms with Crippen LogP contribution in [0.3, 0.4) is 0 Å². The van der Waals surface area contributed by atoms with Crippen LogP contribution in [0.2, 0.25) is 0 Å². The number of halogens is 3. The number of nitrogen functional groups attached to an aromatic ring is 1. The molecule has 4 rings (SSSR count). The summed E-state index contributed by atoms with van der Waals surface area (Å²) in [7, 11) is 1.90. The molecule has 0 aromatic heterocycles. The number of nitrogens with zero attached hydrogens (tertiary/aromatic N) is 1. The number of nitrogens with one attached hydrogen (secondary N) is 2. The molecule has 4 N–H and O–H groups in total. The van der Waals surface area contributed by atoms with Crippen molar-refractivity contribution in [2.24, 2.45) is 5.92 Å². The van der Waals surface area contributed by atoms with E-state index >= 15 is 0 Å². The zero-order valence-corrected chi connectivity index (χ0v) is 20.1. The van der Waals surface area contributed by atoms with E-state index in [1.807, 2.05) is 36.2 Å². The van der Waals surface area contributed by atoms with Gasteiger partial charge in [0, 0.05) is 30.8 Å². The van der Waals surface area contributed by atoms with Crippen molar-refractivity contribution in [3.05, 3.63) is 95.6 Å². The molecule has 2 atom stereocenters. The molecular weight excluding hydrogens is 481 g/mol. The molecule has 0 spiro atoms. The van der Waals surface area contributed by atoms with E-state index < -0.39 is 17.7 Å². The van der Waals surface area contributed by atoms with E-state index in [0.29, 0.717) is 24.5 Å². The molecule has 3 aromatic rings. The highest BCUT2D eigenvalue weighted by atomic mass is 19.4. The Morgan fingerprint density at radius 1 is 0.973 bits per heavy atom. The number of anilines is 3. The second-order valence-electron chi connectivity index (χ2n) is 9.08. The molecule has 1 fully saturated rings. The Morgan fingerprint density at radius 3 is 2.41 bits per heavy atom. The third-order valence-corrected chi connectivity index (χ3v) is 6.31. The van der Waals surface area contributed by atoms with E-state index in [2.05, 4.69) is 10.6 Å². The largest absolute Gasteiger partial charge is 0.416 e. The Labute approximate surface area is 213 Å². The zero-order chi connectivity index (χ0) is 26.6. The van der Waals surface area contributed by atoms with Crippen LogP contribution in [-0.4, -0.2) is 36.9 Å². The molecule has 0 aliphatic carbocycles. The minimum absolute atomic E-state index is 0.115. The third kappa shape index (κ3) is 6.56. The molecule has 192 valence electrons. The quantitative estimate of drug-likeness (QED) is 0.315. The minimum Gasteiger partial charge on any atom is -0.397 e. The predicted octanol–water partition coefficient (Wildman–Crippen LogP) is 5.22. The lowest BCUT2D eigenvalue weighted by Crippen LogP contribution is -2.28. The van der Waals surface area contributed by atoms with Crippen molar-refractivity contribution in [2.75, 3.05) is 36.5 Å². The number of amides is 2. The lowest BCUT2D eigenvalue weighted by atomic mass is 9.88. The van der Waals surface area contributed by atoms with E-state index in [9.17, 15) is 22.8 Å². The number of hydrogen-bond acceptors (Lipinski definition) is 4. The fourth-order valence-corrected chi connectivity index (χ4v) is 4.42. The van der Waals surface area contributed by atoms with Gasteiger partial charge >= 0.3 is 6.18 Å². The summed E-state index contributed by atoms with van der Waals surface area (Å²) in [6.07, 6.45) is -1.39. The number of carbonyl (C=O) groups excluding carboxylic acids is 2. The highest BCUT2D eigenvalue weighted by Gasteiger charge is 2.37. The second kappa shape index (κ2) is 10.9. The van der Waals surface area contributed by atoms with Gasteiger partial charge in [-0.25, -0.2) is 0 Å². The predicted molar refractivity (Wildman–Crippen MR) is 139 cm³/mol. The summed E-state index contributed by atoms with van der Waals surface area (Å²) >= 11 is 0. The first kappa shape index (κ1) is 26.0. The maximum absolute atomic E-state index is 13.0. The molecule has 1 aliphatic heterocycles. The monoisotopic (exact) mass is 508 g/mol. The van der Waals surface area contributed by atoms with Crippen LogP contribution in [0.15, 0.2) is 78.9 Å². The van der Waals surface area contributed by atoms with Crippen LogP contribution in [0.4, 0.5) is 30.2 Å². The topological polar surface area (TPSA) is 87.5 Å². The van der Waals surface area contributed by atoms with Crippen molar-refractivity contribution >= 4 is 35.0 Å². The molecule has 0 radical (unpaired) electrons. The number of para-hydroxylation sites is 2. The summed E-state index contributed by atoms with van der Waals surface area (Å²) in [5.41, 5.74) is 7.90. The maximum atomic E-state index is 13.0. The first-order valence-electron chi connectivity index (χ1n) is 11.7. The number of rotatable bonds is 6. The van der Waals surface area contributed by atoms with E-state index in [0.717, 1.165) is 23.3 Å². The number of nitrogens with two attached hydrogens (primary N) is 1. The standard InChI is InChI=1S/C28H27F3N4O2/c1-35-16-22(23(17-35)27(37)33-21-6-4-5-20(15-21)28(29,30)31)19-12-9-18(10-13-19)11-14-26(36)34-25-8-3-2-7-24(25)32/h2-15,22-23H,16-17,32H2,1H3,(H,33,37)(H,34,36). The van der Waals surface area contributed by atoms with Crippen molar-refractivity contribution in [2.45, 2.75) is 12.1 Å². The zero-order valence-electron chi connectivity index (χ0n) is 20.1. The number of hydrogen-bond donors (Lipinski definition) is 3. The Morgan fingerprint density at radius 2 is 1.70 bits per heavy atom. The van der Waals surface area contributed by atoms with Crippen LogP contribution in [0.1, 0.15) is 22.6 Å². The van der Waals surface area contributed by atoms with Gasteiger partial charge in [-0.3, -0.25) is 9.59 Å². The molecule has 6 nitrogen and oxygen atoms in total. The van der Waals surface area contributed by atoms with Gasteiger partial charge in [-0.15, -0.1) is 0 Å². The van der Waals surface area contributed by atoms with Crippen molar-refractivity contribution in [1.29, 1.82) is 0 Å². The lowest BCUT2D eigenvalue weighted by molar-refractivity contribution is -0.137. The van der Waals surface area contributed by atoms with Gasteiger partial charge in [0.2, 0.25) is 11.8 Å². The van der Waals surface area contributed by atoms with Crippen molar-refractivity contribution in [1.82, 2.24) is 4.90 Å². The highest BCUT2D eigenvalue weighted by molar-refractivity contribution is 6.03. The Hall–Kier alpha value is -4.11. The molecule has 1 saturated heterocycles. The Kier molecular flexibility index (Phi) is 7.63. The summed E-state index contributed by atoms with van der Waals surface area (Å²) < 4.78 is 39.1. The SMILES string of the molecule is CN1CC(C(=O)Nc2cccc(C(F)(F)F)c2)C(c2ccc(C=CC(=O)Nc3ccccc3N)cc2)C1. The number of likely N-dealkylation sites (N-methyl/N-ethyl adjacent to an activating group) is 1. The summed E-state index contributed by atoms with van der Waals surface area (Å²) in [6, 6.07) is 19.1. The molecule has 9 heteroatoms. The van der Waals surface area contributed by atoms with E-state index in [1.165, 1.54) is 18.2 Å². The fourth-order valence-electron chi connectivity index (χ4n) is 4.42. The van der Waals surface area contributed by atoms with Gasteiger partial charge < -0.3 is 21.3 Å². The molecule has 1 heterocycles. The molecule has 1 aliphatic rings. The maximum Gasteiger partial charge on any atom is 0.416 e. The van der Waals surface area contributed by atoms with Crippen LogP contribution in [-0.2, 0) is 15.8 Å².